The number of amides is 1. The second-order valence-electron chi connectivity index (χ2n) is 3.16. The third-order valence-electron chi connectivity index (χ3n) is 1.63. The molecule has 1 heterocycles. The molecule has 0 aliphatic carbocycles. The van der Waals surface area contributed by atoms with Crippen LogP contribution in [-0.4, -0.2) is 30.5 Å². The van der Waals surface area contributed by atoms with Crippen LogP contribution >= 0.6 is 0 Å². The lowest BCUT2D eigenvalue weighted by Gasteiger charge is -1.96. The molecule has 16 heavy (non-hydrogen) atoms. The molecule has 0 fully saturated rings. The van der Waals surface area contributed by atoms with Crippen LogP contribution in [-0.2, 0) is 16.3 Å². The predicted octanol–water partition coefficient (Wildman–Crippen LogP) is -0.324. The summed E-state index contributed by atoms with van der Waals surface area (Å²) < 4.78 is 21.6. The summed E-state index contributed by atoms with van der Waals surface area (Å²) in [7, 11) is -3.13. The van der Waals surface area contributed by atoms with Crippen molar-refractivity contribution in [3.05, 3.63) is 35.3 Å². The van der Waals surface area contributed by atoms with E-state index >= 15 is 0 Å². The first kappa shape index (κ1) is 12.3. The average molecular weight is 241 g/mol. The standard InChI is InChI=1S/C9H11N3O3S/c1-16(14,15)4-2-3-8-11-5-7(6-12-8)9(10)13/h2,4-6H,3H2,1H3,(H2,10,13)/b4-2+. The van der Waals surface area contributed by atoms with Crippen LogP contribution in [0.3, 0.4) is 0 Å². The highest BCUT2D eigenvalue weighted by Gasteiger charge is 2.01. The number of rotatable bonds is 4. The van der Waals surface area contributed by atoms with Crippen LogP contribution < -0.4 is 5.73 Å². The molecule has 0 saturated carbocycles. The van der Waals surface area contributed by atoms with Crippen LogP contribution in [0.2, 0.25) is 0 Å². The Morgan fingerprint density at radius 1 is 1.44 bits per heavy atom. The van der Waals surface area contributed by atoms with Gasteiger partial charge in [0.05, 0.1) is 5.56 Å². The zero-order chi connectivity index (χ0) is 12.2. The molecule has 0 aliphatic rings. The van der Waals surface area contributed by atoms with Crippen LogP contribution in [0.1, 0.15) is 16.2 Å². The fourth-order valence-electron chi connectivity index (χ4n) is 0.916. The molecule has 0 radical (unpaired) electrons. The first-order valence-corrected chi connectivity index (χ1v) is 6.31. The zero-order valence-electron chi connectivity index (χ0n) is 8.62. The fourth-order valence-corrected chi connectivity index (χ4v) is 1.36. The summed E-state index contributed by atoms with van der Waals surface area (Å²) in [6, 6.07) is 0. The van der Waals surface area contributed by atoms with Gasteiger partial charge in [0.25, 0.3) is 5.91 Å². The van der Waals surface area contributed by atoms with E-state index in [4.69, 9.17) is 5.73 Å². The quantitative estimate of drug-likeness (QED) is 0.777. The van der Waals surface area contributed by atoms with Gasteiger partial charge in [0.15, 0.2) is 9.84 Å². The SMILES string of the molecule is CS(=O)(=O)/C=C/Cc1ncc(C(N)=O)cn1. The Hall–Kier alpha value is -1.76. The summed E-state index contributed by atoms with van der Waals surface area (Å²) in [6.45, 7) is 0. The van der Waals surface area contributed by atoms with Crippen molar-refractivity contribution >= 4 is 15.7 Å². The van der Waals surface area contributed by atoms with Crippen molar-refractivity contribution in [2.75, 3.05) is 6.26 Å². The van der Waals surface area contributed by atoms with Gasteiger partial charge in [-0.1, -0.05) is 6.08 Å². The zero-order valence-corrected chi connectivity index (χ0v) is 9.44. The molecule has 0 spiro atoms. The molecule has 0 saturated heterocycles. The number of nitrogens with two attached hydrogens (primary N) is 1. The van der Waals surface area contributed by atoms with Crippen molar-refractivity contribution in [3.8, 4) is 0 Å². The third-order valence-corrected chi connectivity index (χ3v) is 2.32. The van der Waals surface area contributed by atoms with Crippen molar-refractivity contribution in [2.45, 2.75) is 6.42 Å². The van der Waals surface area contributed by atoms with Gasteiger partial charge in [-0.3, -0.25) is 4.79 Å². The van der Waals surface area contributed by atoms with Crippen molar-refractivity contribution < 1.29 is 13.2 Å². The maximum Gasteiger partial charge on any atom is 0.251 e. The number of aromatic nitrogens is 2. The summed E-state index contributed by atoms with van der Waals surface area (Å²) in [4.78, 5) is 18.4. The Balaban J connectivity index is 2.70. The molecule has 6 nitrogen and oxygen atoms in total. The number of carbonyl (C=O) groups is 1. The van der Waals surface area contributed by atoms with Gasteiger partial charge in [-0.15, -0.1) is 0 Å². The van der Waals surface area contributed by atoms with Gasteiger partial charge in [0.2, 0.25) is 0 Å². The molecule has 0 atom stereocenters. The highest BCUT2D eigenvalue weighted by Crippen LogP contribution is 1.97. The number of allylic oxidation sites excluding steroid dienone is 1. The number of carbonyl (C=O) groups excluding carboxylic acids is 1. The molecular weight excluding hydrogens is 230 g/mol. The van der Waals surface area contributed by atoms with Gasteiger partial charge in [-0.05, 0) is 0 Å². The minimum Gasteiger partial charge on any atom is -0.366 e. The largest absolute Gasteiger partial charge is 0.366 e. The van der Waals surface area contributed by atoms with Crippen molar-refractivity contribution in [3.63, 3.8) is 0 Å². The number of hydrogen-bond acceptors (Lipinski definition) is 5. The number of primary amides is 1. The Labute approximate surface area is 93.1 Å². The molecule has 0 aromatic carbocycles. The van der Waals surface area contributed by atoms with Crippen LogP contribution in [0.25, 0.3) is 0 Å². The van der Waals surface area contributed by atoms with Crippen LogP contribution in [0, 0.1) is 0 Å². The Morgan fingerprint density at radius 2 is 2.00 bits per heavy atom. The topological polar surface area (TPSA) is 103 Å². The Bertz CT molecular complexity index is 505. The summed E-state index contributed by atoms with van der Waals surface area (Å²) >= 11 is 0. The van der Waals surface area contributed by atoms with Crippen LogP contribution in [0.5, 0.6) is 0 Å². The van der Waals surface area contributed by atoms with E-state index in [0.717, 1.165) is 11.7 Å². The summed E-state index contributed by atoms with van der Waals surface area (Å²) in [5.74, 6) is -0.178. The van der Waals surface area contributed by atoms with E-state index in [1.807, 2.05) is 0 Å². The van der Waals surface area contributed by atoms with E-state index < -0.39 is 15.7 Å². The van der Waals surface area contributed by atoms with E-state index in [1.165, 1.54) is 18.5 Å². The Kier molecular flexibility index (Phi) is 3.73. The summed E-state index contributed by atoms with van der Waals surface area (Å²) in [5, 5.41) is 1.08. The minimum absolute atomic E-state index is 0.218. The van der Waals surface area contributed by atoms with Gasteiger partial charge in [0.1, 0.15) is 5.82 Å². The van der Waals surface area contributed by atoms with E-state index in [-0.39, 0.29) is 12.0 Å². The highest BCUT2D eigenvalue weighted by molar-refractivity contribution is 7.93. The van der Waals surface area contributed by atoms with Gasteiger partial charge in [-0.25, -0.2) is 18.4 Å². The second kappa shape index (κ2) is 4.84. The predicted molar refractivity (Wildman–Crippen MR) is 58.2 cm³/mol. The number of hydrogen-bond donors (Lipinski definition) is 1. The Morgan fingerprint density at radius 3 is 2.44 bits per heavy atom. The first-order chi connectivity index (χ1) is 7.38. The van der Waals surface area contributed by atoms with Crippen molar-refractivity contribution in [2.24, 2.45) is 5.73 Å². The van der Waals surface area contributed by atoms with Gasteiger partial charge in [0, 0.05) is 30.5 Å². The van der Waals surface area contributed by atoms with E-state index in [1.54, 1.807) is 0 Å². The van der Waals surface area contributed by atoms with Crippen molar-refractivity contribution in [1.82, 2.24) is 9.97 Å². The summed E-state index contributed by atoms with van der Waals surface area (Å²) in [5.41, 5.74) is 5.23. The molecule has 1 rings (SSSR count). The molecule has 0 unspecified atom stereocenters. The van der Waals surface area contributed by atoms with Crippen LogP contribution in [0.4, 0.5) is 0 Å². The number of sulfone groups is 1. The molecule has 0 aliphatic heterocycles. The molecule has 1 aromatic rings. The monoisotopic (exact) mass is 241 g/mol. The molecular formula is C9H11N3O3S. The minimum atomic E-state index is -3.13. The molecule has 86 valence electrons. The molecule has 1 amide bonds. The molecule has 7 heteroatoms. The van der Waals surface area contributed by atoms with Crippen LogP contribution in [0.15, 0.2) is 23.9 Å². The van der Waals surface area contributed by atoms with Gasteiger partial charge in [-0.2, -0.15) is 0 Å². The lowest BCUT2D eigenvalue weighted by Crippen LogP contribution is -2.12. The lowest BCUT2D eigenvalue weighted by molar-refractivity contribution is 0.0999. The molecule has 2 N–H and O–H groups in total. The first-order valence-electron chi connectivity index (χ1n) is 4.36. The number of nitrogens with zero attached hydrogens (tertiary/aromatic N) is 2. The van der Waals surface area contributed by atoms with Crippen molar-refractivity contribution in [1.29, 1.82) is 0 Å². The normalized spacial score (nSPS) is 11.8. The lowest BCUT2D eigenvalue weighted by atomic mass is 10.3. The molecule has 0 bridgehead atoms. The van der Waals surface area contributed by atoms with E-state index in [9.17, 15) is 13.2 Å². The summed E-state index contributed by atoms with van der Waals surface area (Å²) in [6.07, 6.45) is 5.43. The third kappa shape index (κ3) is 4.18. The van der Waals surface area contributed by atoms with Gasteiger partial charge >= 0.3 is 0 Å². The maximum absolute atomic E-state index is 10.8. The molecule has 1 aromatic heterocycles. The van der Waals surface area contributed by atoms with Gasteiger partial charge < -0.3 is 5.73 Å². The van der Waals surface area contributed by atoms with E-state index in [2.05, 4.69) is 9.97 Å². The van der Waals surface area contributed by atoms with E-state index in [0.29, 0.717) is 5.82 Å². The fraction of sp³-hybridized carbons (Fsp3) is 0.222. The maximum atomic E-state index is 10.8. The smallest absolute Gasteiger partial charge is 0.251 e. The average Bonchev–Trinajstić information content (AvgIpc) is 2.16. The highest BCUT2D eigenvalue weighted by atomic mass is 32.2. The second-order valence-corrected chi connectivity index (χ2v) is 5.09.